The molecule has 1 nitrogen and oxygen atoms in total. The molecule has 0 aromatic heterocycles. The highest BCUT2D eigenvalue weighted by molar-refractivity contribution is 5.78. The van der Waals surface area contributed by atoms with Crippen molar-refractivity contribution in [1.29, 1.82) is 0 Å². The number of carbonyl (C=O) groups is 1. The van der Waals surface area contributed by atoms with Gasteiger partial charge in [-0.2, -0.15) is 0 Å². The van der Waals surface area contributed by atoms with Gasteiger partial charge in [0.1, 0.15) is 5.78 Å². The van der Waals surface area contributed by atoms with E-state index in [9.17, 15) is 4.79 Å². The number of allylic oxidation sites excluding steroid dienone is 2. The van der Waals surface area contributed by atoms with Gasteiger partial charge in [0.05, 0.1) is 0 Å². The molecule has 0 N–H and O–H groups in total. The van der Waals surface area contributed by atoms with E-state index in [0.717, 1.165) is 24.7 Å². The van der Waals surface area contributed by atoms with Crippen molar-refractivity contribution >= 4 is 5.78 Å². The highest BCUT2D eigenvalue weighted by atomic mass is 16.1. The van der Waals surface area contributed by atoms with Crippen LogP contribution in [-0.4, -0.2) is 5.78 Å². The van der Waals surface area contributed by atoms with Gasteiger partial charge < -0.3 is 0 Å². The normalized spacial score (nSPS) is 15.8. The molecule has 0 heterocycles. The summed E-state index contributed by atoms with van der Waals surface area (Å²) >= 11 is 0. The van der Waals surface area contributed by atoms with Gasteiger partial charge >= 0.3 is 0 Å². The van der Waals surface area contributed by atoms with Crippen LogP contribution >= 0.6 is 0 Å². The third-order valence-electron chi connectivity index (χ3n) is 3.79. The maximum atomic E-state index is 11.4. The van der Waals surface area contributed by atoms with E-state index in [4.69, 9.17) is 0 Å². The Balaban J connectivity index is 4.13. The Kier molecular flexibility index (Phi) is 8.20. The van der Waals surface area contributed by atoms with Crippen molar-refractivity contribution in [3.8, 4) is 0 Å². The van der Waals surface area contributed by atoms with Gasteiger partial charge in [0.25, 0.3) is 0 Å². The van der Waals surface area contributed by atoms with Crippen LogP contribution in [0.4, 0.5) is 0 Å². The van der Waals surface area contributed by atoms with Crippen LogP contribution in [0.2, 0.25) is 0 Å². The van der Waals surface area contributed by atoms with Crippen molar-refractivity contribution in [2.24, 2.45) is 23.7 Å². The first kappa shape index (κ1) is 16.4. The lowest BCUT2D eigenvalue weighted by Crippen LogP contribution is -2.16. The minimum Gasteiger partial charge on any atom is -0.300 e. The van der Waals surface area contributed by atoms with E-state index in [1.165, 1.54) is 6.42 Å². The molecule has 0 rings (SSSR count). The first-order valence-electron chi connectivity index (χ1n) is 7.05. The molecular formula is C16H30O. The van der Waals surface area contributed by atoms with Gasteiger partial charge in [0, 0.05) is 5.92 Å². The predicted octanol–water partition coefficient (Wildman–Crippen LogP) is 4.87. The van der Waals surface area contributed by atoms with Crippen LogP contribution in [0.5, 0.6) is 0 Å². The van der Waals surface area contributed by atoms with Gasteiger partial charge in [0.15, 0.2) is 0 Å². The first-order valence-corrected chi connectivity index (χ1v) is 7.05. The average molecular weight is 238 g/mol. The summed E-state index contributed by atoms with van der Waals surface area (Å²) in [5.74, 6) is 2.49. The summed E-state index contributed by atoms with van der Waals surface area (Å²) in [7, 11) is 0. The highest BCUT2D eigenvalue weighted by Gasteiger charge is 2.16. The maximum Gasteiger partial charge on any atom is 0.133 e. The Morgan fingerprint density at radius 2 is 1.53 bits per heavy atom. The Bertz CT molecular complexity index is 238. The molecule has 100 valence electrons. The summed E-state index contributed by atoms with van der Waals surface area (Å²) in [5, 5.41) is 0. The molecule has 1 heteroatoms. The van der Waals surface area contributed by atoms with E-state index in [0.29, 0.717) is 11.7 Å². The lowest BCUT2D eigenvalue weighted by Gasteiger charge is -2.17. The number of Topliss-reactive ketones (excluding diaryl/α,β-unsaturated/α-hetero) is 1. The van der Waals surface area contributed by atoms with Gasteiger partial charge in [0.2, 0.25) is 0 Å². The zero-order chi connectivity index (χ0) is 13.4. The van der Waals surface area contributed by atoms with Crippen molar-refractivity contribution in [3.05, 3.63) is 12.2 Å². The zero-order valence-electron chi connectivity index (χ0n) is 12.5. The number of hydrogen-bond acceptors (Lipinski definition) is 1. The summed E-state index contributed by atoms with van der Waals surface area (Å²) < 4.78 is 0. The summed E-state index contributed by atoms with van der Waals surface area (Å²) in [5.41, 5.74) is 0. The van der Waals surface area contributed by atoms with Crippen LogP contribution < -0.4 is 0 Å². The Morgan fingerprint density at radius 1 is 1.00 bits per heavy atom. The smallest absolute Gasteiger partial charge is 0.133 e. The van der Waals surface area contributed by atoms with E-state index in [1.807, 2.05) is 0 Å². The molecule has 17 heavy (non-hydrogen) atoms. The fourth-order valence-electron chi connectivity index (χ4n) is 2.33. The summed E-state index contributed by atoms with van der Waals surface area (Å²) in [6.45, 7) is 12.8. The molecule has 0 aromatic rings. The van der Waals surface area contributed by atoms with Gasteiger partial charge in [-0.15, -0.1) is 0 Å². The average Bonchev–Trinajstić information content (AvgIpc) is 2.21. The highest BCUT2D eigenvalue weighted by Crippen LogP contribution is 2.21. The molecule has 0 amide bonds. The van der Waals surface area contributed by atoms with Crippen LogP contribution in [0.3, 0.4) is 0 Å². The molecule has 0 saturated carbocycles. The third kappa shape index (κ3) is 6.65. The van der Waals surface area contributed by atoms with Crippen molar-refractivity contribution in [2.75, 3.05) is 0 Å². The molecule has 0 fully saturated rings. The first-order chi connectivity index (χ1) is 7.90. The third-order valence-corrected chi connectivity index (χ3v) is 3.79. The fraction of sp³-hybridized carbons (Fsp3) is 0.812. The maximum absolute atomic E-state index is 11.4. The lowest BCUT2D eigenvalue weighted by molar-refractivity contribution is -0.121. The summed E-state index contributed by atoms with van der Waals surface area (Å²) in [6.07, 6.45) is 7.77. The van der Waals surface area contributed by atoms with Crippen LogP contribution in [0.15, 0.2) is 12.2 Å². The second-order valence-corrected chi connectivity index (χ2v) is 5.82. The molecule has 0 aliphatic carbocycles. The monoisotopic (exact) mass is 238 g/mol. The van der Waals surface area contributed by atoms with Gasteiger partial charge in [-0.3, -0.25) is 4.79 Å². The van der Waals surface area contributed by atoms with E-state index in [-0.39, 0.29) is 5.92 Å². The van der Waals surface area contributed by atoms with Crippen LogP contribution in [0.25, 0.3) is 0 Å². The van der Waals surface area contributed by atoms with Gasteiger partial charge in [-0.1, -0.05) is 53.2 Å². The van der Waals surface area contributed by atoms with E-state index < -0.39 is 0 Å². The number of hydrogen-bond donors (Lipinski definition) is 0. The minimum atomic E-state index is 0.199. The van der Waals surface area contributed by atoms with Crippen LogP contribution in [0.1, 0.15) is 60.8 Å². The number of rotatable bonds is 8. The second kappa shape index (κ2) is 8.49. The summed E-state index contributed by atoms with van der Waals surface area (Å²) in [4.78, 5) is 11.4. The molecular weight excluding hydrogens is 208 g/mol. The topological polar surface area (TPSA) is 17.1 Å². The predicted molar refractivity (Wildman–Crippen MR) is 76.0 cm³/mol. The number of ketones is 1. The molecule has 0 aromatic carbocycles. The Labute approximate surface area is 108 Å². The molecule has 0 unspecified atom stereocenters. The molecule has 0 bridgehead atoms. The van der Waals surface area contributed by atoms with E-state index >= 15 is 0 Å². The number of carbonyl (C=O) groups excluding carboxylic acids is 1. The molecule has 0 saturated heterocycles. The van der Waals surface area contributed by atoms with Crippen molar-refractivity contribution in [1.82, 2.24) is 0 Å². The molecule has 0 aliphatic rings. The Morgan fingerprint density at radius 3 is 1.88 bits per heavy atom. The molecule has 0 aliphatic heterocycles. The SMILES string of the molecule is CC[C@@H](C/C=C/C[C@H](C(C)=O)C(C)C)C(C)C. The standard InChI is InChI=1S/C16H30O/c1-7-15(12(2)3)10-8-9-11-16(13(4)5)14(6)17/h8-9,12-13,15-16H,7,10-11H2,1-6H3/b9-8+/t15-,16-/m0/s1. The quantitative estimate of drug-likeness (QED) is 0.552. The lowest BCUT2D eigenvalue weighted by atomic mass is 9.87. The Hall–Kier alpha value is -0.590. The van der Waals surface area contributed by atoms with Crippen molar-refractivity contribution < 1.29 is 4.79 Å². The van der Waals surface area contributed by atoms with E-state index in [2.05, 4.69) is 46.8 Å². The van der Waals surface area contributed by atoms with Crippen molar-refractivity contribution in [3.63, 3.8) is 0 Å². The zero-order valence-corrected chi connectivity index (χ0v) is 12.5. The molecule has 2 atom stereocenters. The largest absolute Gasteiger partial charge is 0.300 e. The molecule has 0 spiro atoms. The van der Waals surface area contributed by atoms with Crippen LogP contribution in [-0.2, 0) is 4.79 Å². The van der Waals surface area contributed by atoms with Crippen molar-refractivity contribution in [2.45, 2.75) is 60.8 Å². The molecule has 0 radical (unpaired) electrons. The summed E-state index contributed by atoms with van der Waals surface area (Å²) in [6, 6.07) is 0. The van der Waals surface area contributed by atoms with Gasteiger partial charge in [-0.05, 0) is 37.5 Å². The van der Waals surface area contributed by atoms with Gasteiger partial charge in [-0.25, -0.2) is 0 Å². The van der Waals surface area contributed by atoms with E-state index in [1.54, 1.807) is 6.92 Å². The van der Waals surface area contributed by atoms with Crippen LogP contribution in [0, 0.1) is 23.7 Å². The fourth-order valence-corrected chi connectivity index (χ4v) is 2.33. The minimum absolute atomic E-state index is 0.199. The second-order valence-electron chi connectivity index (χ2n) is 5.82.